The molecule has 0 spiro atoms. The van der Waals surface area contributed by atoms with Gasteiger partial charge in [0.2, 0.25) is 11.5 Å². The molecule has 3 rings (SSSR count). The molecular weight excluding hydrogens is 382 g/mol. The summed E-state index contributed by atoms with van der Waals surface area (Å²) in [6.07, 6.45) is -3.01. The summed E-state index contributed by atoms with van der Waals surface area (Å²) < 4.78 is 11.9. The Hall–Kier alpha value is -3.07. The highest BCUT2D eigenvalue weighted by Gasteiger charge is 2.56. The first-order valence-corrected chi connectivity index (χ1v) is 8.92. The lowest BCUT2D eigenvalue weighted by Gasteiger charge is -2.23. The van der Waals surface area contributed by atoms with Crippen LogP contribution in [-0.2, 0) is 19.1 Å². The second-order valence-electron chi connectivity index (χ2n) is 7.06. The normalized spacial score (nSPS) is 26.4. The van der Waals surface area contributed by atoms with E-state index in [0.717, 1.165) is 6.92 Å². The Balaban J connectivity index is 1.96. The van der Waals surface area contributed by atoms with E-state index in [1.54, 1.807) is 32.0 Å². The minimum atomic E-state index is -1.93. The van der Waals surface area contributed by atoms with Gasteiger partial charge in [0.15, 0.2) is 5.82 Å². The molecule has 0 bridgehead atoms. The quantitative estimate of drug-likeness (QED) is 0.581. The average Bonchev–Trinajstić information content (AvgIpc) is 3.21. The number of ether oxygens (including phenoxy) is 2. The second-order valence-corrected chi connectivity index (χ2v) is 7.06. The van der Waals surface area contributed by atoms with Crippen LogP contribution in [0.25, 0.3) is 5.52 Å². The molecule has 0 aliphatic carbocycles. The number of aliphatic hydroxyl groups is 2. The highest BCUT2D eigenvalue weighted by Crippen LogP contribution is 2.40. The number of nitrogens with zero attached hydrogens (tertiary/aromatic N) is 4. The molecule has 3 heterocycles. The fourth-order valence-corrected chi connectivity index (χ4v) is 3.02. The van der Waals surface area contributed by atoms with Crippen molar-refractivity contribution in [3.8, 4) is 6.07 Å². The van der Waals surface area contributed by atoms with E-state index in [0.29, 0.717) is 11.2 Å². The van der Waals surface area contributed by atoms with Crippen LogP contribution in [0, 0.1) is 17.2 Å². The summed E-state index contributed by atoms with van der Waals surface area (Å²) in [5.41, 5.74) is -1.16. The monoisotopic (exact) mass is 403 g/mol. The first kappa shape index (κ1) is 20.7. The number of aliphatic hydroxyl groups excluding tert-OH is 2. The van der Waals surface area contributed by atoms with E-state index in [2.05, 4.69) is 15.4 Å². The zero-order valence-electron chi connectivity index (χ0n) is 16.1. The maximum atomic E-state index is 12.0. The summed E-state index contributed by atoms with van der Waals surface area (Å²) in [6, 6.07) is 4.99. The average molecular weight is 403 g/mol. The molecule has 1 aliphatic heterocycles. The van der Waals surface area contributed by atoms with Crippen molar-refractivity contribution in [3.05, 3.63) is 24.2 Å². The molecule has 0 aromatic carbocycles. The molecule has 0 radical (unpaired) electrons. The standard InChI is InChI=1S/C18H21N5O6/c1-9(2)17(27)22-16-12-5-4-11(23(12)21-8-20-16)14-13(25)15(26)18(6-19,29-14)7-28-10(3)24/h4-5,8-9,13-15,25-26H,7H2,1-3H3,(H,20,21,22,27)/t13-,14-,15-,18+/m0/s1. The molecular formula is C18H21N5O6. The Bertz CT molecular complexity index is 983. The first-order chi connectivity index (χ1) is 13.7. The van der Waals surface area contributed by atoms with Gasteiger partial charge >= 0.3 is 5.97 Å². The third-order valence-corrected chi connectivity index (χ3v) is 4.67. The minimum Gasteiger partial charge on any atom is -0.462 e. The predicted molar refractivity (Wildman–Crippen MR) is 97.3 cm³/mol. The topological polar surface area (TPSA) is 159 Å². The summed E-state index contributed by atoms with van der Waals surface area (Å²) in [7, 11) is 0. The van der Waals surface area contributed by atoms with E-state index >= 15 is 0 Å². The van der Waals surface area contributed by atoms with Crippen molar-refractivity contribution in [1.29, 1.82) is 5.26 Å². The first-order valence-electron chi connectivity index (χ1n) is 8.92. The van der Waals surface area contributed by atoms with Gasteiger partial charge in [-0.25, -0.2) is 9.50 Å². The number of aromatic nitrogens is 3. The number of nitriles is 1. The van der Waals surface area contributed by atoms with Crippen molar-refractivity contribution in [3.63, 3.8) is 0 Å². The Labute approximate surface area is 165 Å². The molecule has 2 aromatic rings. The highest BCUT2D eigenvalue weighted by atomic mass is 16.6. The zero-order valence-corrected chi connectivity index (χ0v) is 16.1. The van der Waals surface area contributed by atoms with Crippen molar-refractivity contribution < 1.29 is 29.3 Å². The largest absolute Gasteiger partial charge is 0.462 e. The van der Waals surface area contributed by atoms with Crippen LogP contribution in [0.1, 0.15) is 32.6 Å². The van der Waals surface area contributed by atoms with Gasteiger partial charge in [0.1, 0.15) is 42.8 Å². The van der Waals surface area contributed by atoms with Crippen LogP contribution >= 0.6 is 0 Å². The highest BCUT2D eigenvalue weighted by molar-refractivity contribution is 5.94. The Kier molecular flexibility index (Phi) is 5.52. The molecule has 11 heteroatoms. The zero-order chi connectivity index (χ0) is 21.3. The number of esters is 1. The number of nitrogens with one attached hydrogen (secondary N) is 1. The van der Waals surface area contributed by atoms with Gasteiger partial charge in [-0.15, -0.1) is 0 Å². The molecule has 1 amide bonds. The van der Waals surface area contributed by atoms with Crippen molar-refractivity contribution in [2.24, 2.45) is 5.92 Å². The molecule has 3 N–H and O–H groups in total. The Morgan fingerprint density at radius 1 is 1.45 bits per heavy atom. The Morgan fingerprint density at radius 3 is 2.79 bits per heavy atom. The summed E-state index contributed by atoms with van der Waals surface area (Å²) in [4.78, 5) is 27.2. The summed E-state index contributed by atoms with van der Waals surface area (Å²) in [5.74, 6) is -0.873. The molecule has 2 aromatic heterocycles. The lowest BCUT2D eigenvalue weighted by molar-refractivity contribution is -0.152. The molecule has 29 heavy (non-hydrogen) atoms. The second kappa shape index (κ2) is 7.75. The smallest absolute Gasteiger partial charge is 0.302 e. The number of hydrogen-bond acceptors (Lipinski definition) is 9. The van der Waals surface area contributed by atoms with Crippen LogP contribution in [-0.4, -0.2) is 61.1 Å². The van der Waals surface area contributed by atoms with Crippen molar-refractivity contribution in [1.82, 2.24) is 14.6 Å². The number of fused-ring (bicyclic) bond motifs is 1. The van der Waals surface area contributed by atoms with Gasteiger partial charge in [-0.05, 0) is 12.1 Å². The van der Waals surface area contributed by atoms with Gasteiger partial charge in [-0.1, -0.05) is 13.8 Å². The van der Waals surface area contributed by atoms with Gasteiger partial charge in [-0.3, -0.25) is 9.59 Å². The number of carbonyl (C=O) groups is 2. The van der Waals surface area contributed by atoms with Crippen LogP contribution in [0.15, 0.2) is 18.5 Å². The lowest BCUT2D eigenvalue weighted by Crippen LogP contribution is -2.46. The van der Waals surface area contributed by atoms with E-state index < -0.39 is 36.5 Å². The number of rotatable bonds is 5. The number of amides is 1. The molecule has 1 aliphatic rings. The van der Waals surface area contributed by atoms with Crippen LogP contribution in [0.3, 0.4) is 0 Å². The number of anilines is 1. The third kappa shape index (κ3) is 3.65. The van der Waals surface area contributed by atoms with Crippen LogP contribution in [0.4, 0.5) is 5.82 Å². The maximum absolute atomic E-state index is 12.0. The molecule has 154 valence electrons. The summed E-state index contributed by atoms with van der Waals surface area (Å²) >= 11 is 0. The van der Waals surface area contributed by atoms with Crippen molar-refractivity contribution in [2.45, 2.75) is 44.7 Å². The SMILES string of the molecule is CC(=O)OC[C@@]1(C#N)O[C@@H](c2ccc3c(NC(=O)C(C)C)ncnn23)[C@H](O)[C@@H]1O. The van der Waals surface area contributed by atoms with E-state index in [1.807, 2.05) is 0 Å². The summed E-state index contributed by atoms with van der Waals surface area (Å²) in [6.45, 7) is 4.10. The van der Waals surface area contributed by atoms with Crippen LogP contribution in [0.5, 0.6) is 0 Å². The van der Waals surface area contributed by atoms with Crippen LogP contribution < -0.4 is 5.32 Å². The molecule has 11 nitrogen and oxygen atoms in total. The van der Waals surface area contributed by atoms with E-state index in [1.165, 1.54) is 10.8 Å². The molecule has 4 atom stereocenters. The van der Waals surface area contributed by atoms with Crippen molar-refractivity contribution in [2.75, 3.05) is 11.9 Å². The Morgan fingerprint density at radius 2 is 2.17 bits per heavy atom. The van der Waals surface area contributed by atoms with Gasteiger partial charge in [0, 0.05) is 12.8 Å². The van der Waals surface area contributed by atoms with Gasteiger partial charge in [0.25, 0.3) is 0 Å². The van der Waals surface area contributed by atoms with Crippen molar-refractivity contribution >= 4 is 23.2 Å². The molecule has 1 fully saturated rings. The number of carbonyl (C=O) groups excluding carboxylic acids is 2. The van der Waals surface area contributed by atoms with E-state index in [-0.39, 0.29) is 17.6 Å². The van der Waals surface area contributed by atoms with E-state index in [9.17, 15) is 25.1 Å². The molecule has 0 unspecified atom stereocenters. The lowest BCUT2D eigenvalue weighted by atomic mass is 9.96. The molecule has 0 saturated carbocycles. The fraction of sp³-hybridized carbons (Fsp3) is 0.500. The van der Waals surface area contributed by atoms with Crippen LogP contribution in [0.2, 0.25) is 0 Å². The van der Waals surface area contributed by atoms with Gasteiger partial charge in [-0.2, -0.15) is 10.4 Å². The van der Waals surface area contributed by atoms with E-state index in [4.69, 9.17) is 9.47 Å². The molecule has 1 saturated heterocycles. The number of hydrogen-bond donors (Lipinski definition) is 3. The predicted octanol–water partition coefficient (Wildman–Crippen LogP) is -0.0576. The summed E-state index contributed by atoms with van der Waals surface area (Å²) in [5, 5.41) is 37.3. The van der Waals surface area contributed by atoms with Gasteiger partial charge < -0.3 is 25.0 Å². The van der Waals surface area contributed by atoms with Gasteiger partial charge in [0.05, 0.1) is 5.69 Å². The third-order valence-electron chi connectivity index (χ3n) is 4.67. The maximum Gasteiger partial charge on any atom is 0.302 e. The fourth-order valence-electron chi connectivity index (χ4n) is 3.02. The minimum absolute atomic E-state index is 0.231.